The van der Waals surface area contributed by atoms with Gasteiger partial charge in [-0.15, -0.1) is 0 Å². The molecule has 1 heterocycles. The quantitative estimate of drug-likeness (QED) is 0.840. The van der Waals surface area contributed by atoms with Crippen LogP contribution in [0, 0.1) is 17.3 Å². The van der Waals surface area contributed by atoms with Crippen molar-refractivity contribution in [3.05, 3.63) is 34.9 Å². The van der Waals surface area contributed by atoms with Crippen molar-refractivity contribution in [2.75, 3.05) is 6.54 Å². The van der Waals surface area contributed by atoms with Crippen LogP contribution in [0.15, 0.2) is 18.2 Å². The lowest BCUT2D eigenvalue weighted by Crippen LogP contribution is -2.40. The first-order valence-electron chi connectivity index (χ1n) is 9.00. The van der Waals surface area contributed by atoms with E-state index >= 15 is 0 Å². The number of hydrogen-bond donors (Lipinski definition) is 1. The molecule has 1 aliphatic heterocycles. The molecule has 1 aromatic carbocycles. The number of rotatable bonds is 2. The van der Waals surface area contributed by atoms with E-state index in [1.165, 1.54) is 12.0 Å². The Morgan fingerprint density at radius 1 is 1.25 bits per heavy atom. The van der Waals surface area contributed by atoms with Crippen LogP contribution in [-0.4, -0.2) is 23.3 Å². The molecule has 130 valence electrons. The highest BCUT2D eigenvalue weighted by Crippen LogP contribution is 2.45. The molecule has 2 amide bonds. The molecule has 24 heavy (non-hydrogen) atoms. The molecule has 2 aliphatic rings. The van der Waals surface area contributed by atoms with Crippen molar-refractivity contribution in [3.63, 3.8) is 0 Å². The number of ketones is 1. The molecule has 0 aromatic heterocycles. The summed E-state index contributed by atoms with van der Waals surface area (Å²) in [4.78, 5) is 26.2. The number of Topliss-reactive ketones (excluding diaryl/α,β-unsaturated/α-hetero) is 1. The Kier molecular flexibility index (Phi) is 4.41. The first-order chi connectivity index (χ1) is 11.3. The van der Waals surface area contributed by atoms with Crippen LogP contribution >= 0.6 is 0 Å². The number of fused-ring (bicyclic) bond motifs is 1. The SMILES string of the molecule is CC1CCCC(C)(C)[C@H]1C(=O)c1ccc2c(c1)CCN(C(N)=O)C2. The van der Waals surface area contributed by atoms with Gasteiger partial charge >= 0.3 is 6.03 Å². The lowest BCUT2D eigenvalue weighted by molar-refractivity contribution is 0.0539. The summed E-state index contributed by atoms with van der Waals surface area (Å²) >= 11 is 0. The fourth-order valence-corrected chi connectivity index (χ4v) is 4.66. The van der Waals surface area contributed by atoms with E-state index in [1.807, 2.05) is 18.2 Å². The monoisotopic (exact) mass is 328 g/mol. The van der Waals surface area contributed by atoms with Gasteiger partial charge in [0.25, 0.3) is 0 Å². The second-order valence-electron chi connectivity index (χ2n) is 8.19. The Labute approximate surface area is 144 Å². The first-order valence-corrected chi connectivity index (χ1v) is 9.00. The lowest BCUT2D eigenvalue weighted by Gasteiger charge is -2.42. The average Bonchev–Trinajstić information content (AvgIpc) is 2.52. The van der Waals surface area contributed by atoms with E-state index in [2.05, 4.69) is 20.8 Å². The van der Waals surface area contributed by atoms with Gasteiger partial charge in [0.05, 0.1) is 0 Å². The molecule has 0 bridgehead atoms. The molecular formula is C20H28N2O2. The lowest BCUT2D eigenvalue weighted by atomic mass is 9.62. The van der Waals surface area contributed by atoms with Crippen LogP contribution in [0.3, 0.4) is 0 Å². The van der Waals surface area contributed by atoms with Gasteiger partial charge in [-0.25, -0.2) is 4.79 Å². The molecule has 0 saturated heterocycles. The maximum atomic E-state index is 13.2. The van der Waals surface area contributed by atoms with Gasteiger partial charge in [-0.3, -0.25) is 4.79 Å². The number of amides is 2. The van der Waals surface area contributed by atoms with Crippen molar-refractivity contribution in [2.24, 2.45) is 23.0 Å². The average molecular weight is 328 g/mol. The molecule has 1 fully saturated rings. The van der Waals surface area contributed by atoms with Crippen LogP contribution in [0.25, 0.3) is 0 Å². The van der Waals surface area contributed by atoms with E-state index in [9.17, 15) is 9.59 Å². The number of nitrogens with zero attached hydrogens (tertiary/aromatic N) is 1. The Balaban J connectivity index is 1.85. The van der Waals surface area contributed by atoms with Gasteiger partial charge in [0, 0.05) is 24.6 Å². The highest BCUT2D eigenvalue weighted by molar-refractivity contribution is 5.98. The maximum Gasteiger partial charge on any atom is 0.315 e. The Hall–Kier alpha value is -1.84. The van der Waals surface area contributed by atoms with Crippen molar-refractivity contribution < 1.29 is 9.59 Å². The summed E-state index contributed by atoms with van der Waals surface area (Å²) in [6.07, 6.45) is 4.23. The Morgan fingerprint density at radius 2 is 2.00 bits per heavy atom. The van der Waals surface area contributed by atoms with E-state index in [0.717, 1.165) is 30.4 Å². The van der Waals surface area contributed by atoms with Gasteiger partial charge in [0.15, 0.2) is 5.78 Å². The summed E-state index contributed by atoms with van der Waals surface area (Å²) in [6.45, 7) is 7.85. The van der Waals surface area contributed by atoms with E-state index in [0.29, 0.717) is 19.0 Å². The van der Waals surface area contributed by atoms with Crippen LogP contribution in [0.4, 0.5) is 4.79 Å². The third kappa shape index (κ3) is 3.06. The molecule has 4 nitrogen and oxygen atoms in total. The smallest absolute Gasteiger partial charge is 0.315 e. The third-order valence-corrected chi connectivity index (χ3v) is 5.99. The molecule has 2 atom stereocenters. The normalized spacial score (nSPS) is 25.9. The summed E-state index contributed by atoms with van der Waals surface area (Å²) in [7, 11) is 0. The number of benzene rings is 1. The zero-order valence-electron chi connectivity index (χ0n) is 15.0. The van der Waals surface area contributed by atoms with Crippen LogP contribution in [0.5, 0.6) is 0 Å². The zero-order chi connectivity index (χ0) is 17.5. The number of carbonyl (C=O) groups excluding carboxylic acids is 2. The second-order valence-corrected chi connectivity index (χ2v) is 8.19. The molecule has 3 rings (SSSR count). The Bertz CT molecular complexity index is 666. The van der Waals surface area contributed by atoms with Crippen LogP contribution in [0.2, 0.25) is 0 Å². The highest BCUT2D eigenvalue weighted by Gasteiger charge is 2.41. The summed E-state index contributed by atoms with van der Waals surface area (Å²) in [5.74, 6) is 0.810. The highest BCUT2D eigenvalue weighted by atomic mass is 16.2. The summed E-state index contributed by atoms with van der Waals surface area (Å²) in [6, 6.07) is 5.60. The van der Waals surface area contributed by atoms with E-state index in [1.54, 1.807) is 4.90 Å². The largest absolute Gasteiger partial charge is 0.351 e. The standard InChI is InChI=1S/C20H28N2O2/c1-13-5-4-9-20(2,3)17(13)18(23)15-6-7-16-12-22(19(21)24)10-8-14(16)11-15/h6-7,11,13,17H,4-5,8-10,12H2,1-3H3,(H2,21,24)/t13?,17-/m1/s1. The molecular weight excluding hydrogens is 300 g/mol. The number of urea groups is 1. The number of hydrogen-bond acceptors (Lipinski definition) is 2. The molecule has 4 heteroatoms. The Morgan fingerprint density at radius 3 is 2.67 bits per heavy atom. The molecule has 1 unspecified atom stereocenters. The fourth-order valence-electron chi connectivity index (χ4n) is 4.66. The minimum Gasteiger partial charge on any atom is -0.351 e. The molecule has 1 saturated carbocycles. The van der Waals surface area contributed by atoms with E-state index in [4.69, 9.17) is 5.73 Å². The van der Waals surface area contributed by atoms with Crippen LogP contribution in [-0.2, 0) is 13.0 Å². The molecule has 1 aromatic rings. The maximum absolute atomic E-state index is 13.2. The molecule has 0 spiro atoms. The predicted octanol–water partition coefficient (Wildman–Crippen LogP) is 3.77. The topological polar surface area (TPSA) is 63.4 Å². The van der Waals surface area contributed by atoms with E-state index in [-0.39, 0.29) is 23.1 Å². The van der Waals surface area contributed by atoms with Crippen molar-refractivity contribution >= 4 is 11.8 Å². The fraction of sp³-hybridized carbons (Fsp3) is 0.600. The van der Waals surface area contributed by atoms with Gasteiger partial charge in [-0.2, -0.15) is 0 Å². The summed E-state index contributed by atoms with van der Waals surface area (Å²) in [5, 5.41) is 0. The van der Waals surface area contributed by atoms with Gasteiger partial charge in [0.2, 0.25) is 0 Å². The van der Waals surface area contributed by atoms with Gasteiger partial charge in [-0.05, 0) is 47.8 Å². The summed E-state index contributed by atoms with van der Waals surface area (Å²) in [5.41, 5.74) is 8.55. The third-order valence-electron chi connectivity index (χ3n) is 5.99. The molecule has 1 aliphatic carbocycles. The minimum atomic E-state index is -0.376. The zero-order valence-corrected chi connectivity index (χ0v) is 15.0. The number of carbonyl (C=O) groups is 2. The summed E-state index contributed by atoms with van der Waals surface area (Å²) < 4.78 is 0. The van der Waals surface area contributed by atoms with Crippen molar-refractivity contribution in [3.8, 4) is 0 Å². The van der Waals surface area contributed by atoms with Gasteiger partial charge in [0.1, 0.15) is 0 Å². The second kappa shape index (κ2) is 6.23. The predicted molar refractivity (Wildman–Crippen MR) is 94.8 cm³/mol. The van der Waals surface area contributed by atoms with Crippen LogP contribution < -0.4 is 5.73 Å². The van der Waals surface area contributed by atoms with Gasteiger partial charge < -0.3 is 10.6 Å². The van der Waals surface area contributed by atoms with Crippen molar-refractivity contribution in [1.82, 2.24) is 4.90 Å². The minimum absolute atomic E-state index is 0.0629. The number of nitrogens with two attached hydrogens (primary N) is 1. The molecule has 0 radical (unpaired) electrons. The number of primary amides is 1. The van der Waals surface area contributed by atoms with Crippen molar-refractivity contribution in [1.29, 1.82) is 0 Å². The van der Waals surface area contributed by atoms with Gasteiger partial charge in [-0.1, -0.05) is 39.3 Å². The van der Waals surface area contributed by atoms with Crippen LogP contribution in [0.1, 0.15) is 61.5 Å². The van der Waals surface area contributed by atoms with E-state index < -0.39 is 0 Å². The molecule has 2 N–H and O–H groups in total. The van der Waals surface area contributed by atoms with Crippen molar-refractivity contribution in [2.45, 2.75) is 53.0 Å². The first kappa shape index (κ1) is 17.0.